The van der Waals surface area contributed by atoms with Crippen molar-refractivity contribution < 1.29 is 23.8 Å². The SMILES string of the molecule is COc1ccc(COc2ccc3c(c2)cc(P(=O)=O)n3O)cc1. The van der Waals surface area contributed by atoms with E-state index in [4.69, 9.17) is 9.47 Å². The Bertz CT molecular complexity index is 904. The quantitative estimate of drug-likeness (QED) is 0.573. The fourth-order valence-corrected chi connectivity index (χ4v) is 2.78. The monoisotopic (exact) mass is 331 g/mol. The van der Waals surface area contributed by atoms with E-state index in [1.807, 2.05) is 24.3 Å². The highest BCUT2D eigenvalue weighted by Gasteiger charge is 2.12. The molecule has 0 spiro atoms. The number of methoxy groups -OCH3 is 1. The standard InChI is InChI=1S/C16H14NO5P/c1-21-13-4-2-11(3-5-13)10-22-14-6-7-15-12(8-14)9-16(17(15)18)23(19)20/h2-9,18H,10H2,1H3. The second kappa shape index (κ2) is 6.18. The van der Waals surface area contributed by atoms with Gasteiger partial charge in [-0.25, -0.2) is 9.13 Å². The minimum absolute atomic E-state index is 0.151. The molecule has 0 saturated carbocycles. The lowest BCUT2D eigenvalue weighted by Crippen LogP contribution is -2.06. The smallest absolute Gasteiger partial charge is 0.369 e. The average molecular weight is 331 g/mol. The van der Waals surface area contributed by atoms with Crippen LogP contribution in [0.4, 0.5) is 0 Å². The first kappa shape index (κ1) is 15.2. The molecule has 7 heteroatoms. The summed E-state index contributed by atoms with van der Waals surface area (Å²) in [6.45, 7) is 0.373. The first-order chi connectivity index (χ1) is 11.1. The summed E-state index contributed by atoms with van der Waals surface area (Å²) in [6.07, 6.45) is 0. The molecule has 0 aliphatic heterocycles. The maximum atomic E-state index is 11.1. The van der Waals surface area contributed by atoms with Crippen molar-refractivity contribution in [2.24, 2.45) is 0 Å². The third kappa shape index (κ3) is 3.07. The van der Waals surface area contributed by atoms with Crippen LogP contribution in [0.25, 0.3) is 10.9 Å². The Morgan fingerprint density at radius 1 is 1.04 bits per heavy atom. The van der Waals surface area contributed by atoms with E-state index in [1.54, 1.807) is 25.3 Å². The number of hydrogen-bond acceptors (Lipinski definition) is 5. The number of rotatable bonds is 5. The summed E-state index contributed by atoms with van der Waals surface area (Å²) in [6, 6.07) is 13.9. The molecule has 0 aliphatic rings. The van der Waals surface area contributed by atoms with Crippen LogP contribution in [0.5, 0.6) is 11.5 Å². The van der Waals surface area contributed by atoms with Gasteiger partial charge in [-0.15, -0.1) is 0 Å². The van der Waals surface area contributed by atoms with Crippen LogP contribution < -0.4 is 14.9 Å². The van der Waals surface area contributed by atoms with Gasteiger partial charge in [0.15, 0.2) is 5.44 Å². The third-order valence-corrected chi connectivity index (χ3v) is 4.17. The molecule has 0 bridgehead atoms. The maximum Gasteiger partial charge on any atom is 0.369 e. The van der Waals surface area contributed by atoms with Crippen LogP contribution in [0.15, 0.2) is 48.5 Å². The Kier molecular flexibility index (Phi) is 4.08. The van der Waals surface area contributed by atoms with Crippen molar-refractivity contribution in [2.75, 3.05) is 7.11 Å². The average Bonchev–Trinajstić information content (AvgIpc) is 2.90. The van der Waals surface area contributed by atoms with Gasteiger partial charge in [0.1, 0.15) is 18.1 Å². The minimum atomic E-state index is -2.86. The van der Waals surface area contributed by atoms with Gasteiger partial charge in [0, 0.05) is 5.39 Å². The number of ether oxygens (including phenoxy) is 2. The van der Waals surface area contributed by atoms with E-state index in [2.05, 4.69) is 0 Å². The van der Waals surface area contributed by atoms with Gasteiger partial charge < -0.3 is 14.7 Å². The molecule has 0 radical (unpaired) electrons. The lowest BCUT2D eigenvalue weighted by molar-refractivity contribution is 0.208. The molecule has 23 heavy (non-hydrogen) atoms. The second-order valence-electron chi connectivity index (χ2n) is 4.93. The van der Waals surface area contributed by atoms with Crippen LogP contribution in [-0.4, -0.2) is 17.0 Å². The van der Waals surface area contributed by atoms with E-state index in [0.717, 1.165) is 11.3 Å². The first-order valence-electron chi connectivity index (χ1n) is 6.83. The lowest BCUT2D eigenvalue weighted by Gasteiger charge is -2.07. The summed E-state index contributed by atoms with van der Waals surface area (Å²) in [5, 5.41) is 10.4. The predicted molar refractivity (Wildman–Crippen MR) is 84.4 cm³/mol. The molecular formula is C16H14NO5P. The molecule has 1 N–H and O–H groups in total. The van der Waals surface area contributed by atoms with Gasteiger partial charge >= 0.3 is 7.68 Å². The van der Waals surface area contributed by atoms with Gasteiger partial charge in [0.25, 0.3) is 0 Å². The van der Waals surface area contributed by atoms with Crippen LogP contribution >= 0.6 is 7.68 Å². The second-order valence-corrected chi connectivity index (χ2v) is 5.90. The van der Waals surface area contributed by atoms with Gasteiger partial charge in [0.05, 0.1) is 12.6 Å². The molecule has 2 aromatic carbocycles. The fourth-order valence-electron chi connectivity index (χ4n) is 2.27. The van der Waals surface area contributed by atoms with E-state index in [0.29, 0.717) is 28.0 Å². The summed E-state index contributed by atoms with van der Waals surface area (Å²) in [5.41, 5.74) is 1.24. The summed E-state index contributed by atoms with van der Waals surface area (Å²) in [5.74, 6) is 1.37. The minimum Gasteiger partial charge on any atom is -0.497 e. The van der Waals surface area contributed by atoms with Gasteiger partial charge in [-0.1, -0.05) is 12.1 Å². The maximum absolute atomic E-state index is 11.1. The molecule has 118 valence electrons. The van der Waals surface area contributed by atoms with E-state index in [1.165, 1.54) is 6.07 Å². The van der Waals surface area contributed by atoms with Crippen molar-refractivity contribution in [3.8, 4) is 11.5 Å². The molecule has 6 nitrogen and oxygen atoms in total. The Labute approximate surface area is 132 Å². The Hall–Kier alpha value is -2.72. The van der Waals surface area contributed by atoms with Gasteiger partial charge in [-0.05, 0) is 42.0 Å². The third-order valence-electron chi connectivity index (χ3n) is 3.48. The molecule has 3 rings (SSSR count). The van der Waals surface area contributed by atoms with Crippen LogP contribution in [0.1, 0.15) is 5.56 Å². The normalized spacial score (nSPS) is 10.7. The van der Waals surface area contributed by atoms with E-state index in [-0.39, 0.29) is 5.44 Å². The van der Waals surface area contributed by atoms with E-state index in [9.17, 15) is 14.3 Å². The number of nitrogens with zero attached hydrogens (tertiary/aromatic N) is 1. The van der Waals surface area contributed by atoms with Crippen molar-refractivity contribution in [1.82, 2.24) is 4.73 Å². The fraction of sp³-hybridized carbons (Fsp3) is 0.125. The van der Waals surface area contributed by atoms with Gasteiger partial charge in [-0.3, -0.25) is 0 Å². The van der Waals surface area contributed by atoms with Crippen molar-refractivity contribution in [2.45, 2.75) is 6.61 Å². The highest BCUT2D eigenvalue weighted by Crippen LogP contribution is 2.24. The summed E-state index contributed by atoms with van der Waals surface area (Å²) in [4.78, 5) is 0. The Balaban J connectivity index is 1.80. The van der Waals surface area contributed by atoms with E-state index >= 15 is 0 Å². The summed E-state index contributed by atoms with van der Waals surface area (Å²) < 4.78 is 33.6. The Morgan fingerprint density at radius 3 is 2.39 bits per heavy atom. The van der Waals surface area contributed by atoms with E-state index < -0.39 is 7.68 Å². The molecule has 1 heterocycles. The predicted octanol–water partition coefficient (Wildman–Crippen LogP) is 3.26. The molecule has 0 saturated heterocycles. The van der Waals surface area contributed by atoms with Crippen LogP contribution in [0.2, 0.25) is 0 Å². The molecule has 1 aromatic heterocycles. The van der Waals surface area contributed by atoms with Crippen molar-refractivity contribution in [1.29, 1.82) is 0 Å². The van der Waals surface area contributed by atoms with Crippen LogP contribution in [0, 0.1) is 0 Å². The first-order valence-corrected chi connectivity index (χ1v) is 8.01. The van der Waals surface area contributed by atoms with Crippen molar-refractivity contribution >= 4 is 24.0 Å². The zero-order valence-electron chi connectivity index (χ0n) is 12.3. The van der Waals surface area contributed by atoms with Gasteiger partial charge in [-0.2, -0.15) is 4.73 Å². The molecule has 3 aromatic rings. The summed E-state index contributed by atoms with van der Waals surface area (Å²) >= 11 is 0. The van der Waals surface area contributed by atoms with Gasteiger partial charge in [0.2, 0.25) is 0 Å². The molecule has 0 unspecified atom stereocenters. The highest BCUT2D eigenvalue weighted by atomic mass is 31.1. The molecule has 0 amide bonds. The van der Waals surface area contributed by atoms with Crippen LogP contribution in [0.3, 0.4) is 0 Å². The zero-order chi connectivity index (χ0) is 16.4. The van der Waals surface area contributed by atoms with Crippen LogP contribution in [-0.2, 0) is 15.7 Å². The number of fused-ring (bicyclic) bond motifs is 1. The number of benzene rings is 2. The topological polar surface area (TPSA) is 77.8 Å². The lowest BCUT2D eigenvalue weighted by atomic mass is 10.2. The molecule has 0 fully saturated rings. The van der Waals surface area contributed by atoms with Crippen molar-refractivity contribution in [3.05, 3.63) is 54.1 Å². The van der Waals surface area contributed by atoms with Crippen molar-refractivity contribution in [3.63, 3.8) is 0 Å². The largest absolute Gasteiger partial charge is 0.497 e. The highest BCUT2D eigenvalue weighted by molar-refractivity contribution is 7.40. The molecule has 0 aliphatic carbocycles. The Morgan fingerprint density at radius 2 is 1.74 bits per heavy atom. The summed E-state index contributed by atoms with van der Waals surface area (Å²) in [7, 11) is -1.25. The number of aromatic nitrogens is 1. The number of hydrogen-bond donors (Lipinski definition) is 1. The zero-order valence-corrected chi connectivity index (χ0v) is 13.2. The molecular weight excluding hydrogens is 317 g/mol. The molecule has 0 atom stereocenters.